The van der Waals surface area contributed by atoms with Gasteiger partial charge in [0.2, 0.25) is 0 Å². The Balaban J connectivity index is -0.000000442. The third-order valence-electron chi connectivity index (χ3n) is 10.3. The second-order valence-corrected chi connectivity index (χ2v) is 16.6. The molecule has 0 unspecified atom stereocenters. The fraction of sp³-hybridized carbons (Fsp3) is 0.863. The molecule has 6 heteroatoms. The molecule has 0 fully saturated rings. The van der Waals surface area contributed by atoms with Crippen LogP contribution < -0.4 is 10.2 Å². The Labute approximate surface area is 386 Å². The Hall–Kier alpha value is -0.650. The summed E-state index contributed by atoms with van der Waals surface area (Å²) in [6, 6.07) is 0. The van der Waals surface area contributed by atoms with Crippen molar-refractivity contribution in [2.24, 2.45) is 0 Å². The third kappa shape index (κ3) is 76.6. The molecule has 0 spiro atoms. The minimum atomic E-state index is -0.904. The first-order chi connectivity index (χ1) is 27.3. The molecule has 0 aliphatic rings. The quantitative estimate of drug-likeness (QED) is 0.0347. The molecule has 0 saturated heterocycles. The smallest absolute Gasteiger partial charge is 0.550 e. The molecule has 0 aliphatic heterocycles. The van der Waals surface area contributed by atoms with Crippen molar-refractivity contribution in [2.75, 3.05) is 0 Å². The first-order valence-electron chi connectivity index (χ1n) is 24.4. The molecule has 0 amide bonds. The average molecular weight is 829 g/mol. The molecule has 332 valence electrons. The van der Waals surface area contributed by atoms with E-state index in [1.807, 2.05) is 0 Å². The SMILES string of the molecule is CC(C)=O.CCCCCCCC/C=C\CCCCCCCCCCCCCC(=O)[O-].CCCCCCCC/C=C\CCCCCCCCCCCCCC(=O)[O-].[Ca+2]. The van der Waals surface area contributed by atoms with E-state index >= 15 is 0 Å². The molecule has 0 N–H and O–H groups in total. The van der Waals surface area contributed by atoms with Gasteiger partial charge >= 0.3 is 37.7 Å². The first-order valence-corrected chi connectivity index (χ1v) is 24.4. The van der Waals surface area contributed by atoms with E-state index < -0.39 is 11.9 Å². The zero-order valence-electron chi connectivity index (χ0n) is 38.8. The number of carboxylic acid groups (broad SMARTS) is 2. The topological polar surface area (TPSA) is 97.3 Å². The van der Waals surface area contributed by atoms with E-state index in [4.69, 9.17) is 0 Å². The first kappa shape index (κ1) is 63.0. The van der Waals surface area contributed by atoms with E-state index in [-0.39, 0.29) is 56.4 Å². The van der Waals surface area contributed by atoms with E-state index in [1.54, 1.807) is 0 Å². The second-order valence-electron chi connectivity index (χ2n) is 16.6. The summed E-state index contributed by atoms with van der Waals surface area (Å²) in [5.41, 5.74) is 0. The van der Waals surface area contributed by atoms with Crippen LogP contribution in [0.5, 0.6) is 0 Å². The Morgan fingerprint density at radius 2 is 0.474 bits per heavy atom. The number of ketones is 1. The van der Waals surface area contributed by atoms with E-state index in [9.17, 15) is 24.6 Å². The number of aliphatic carboxylic acids is 2. The third-order valence-corrected chi connectivity index (χ3v) is 10.3. The van der Waals surface area contributed by atoms with Crippen molar-refractivity contribution in [1.82, 2.24) is 0 Å². The molecular formula is C51H96CaO5. The van der Waals surface area contributed by atoms with Gasteiger partial charge in [-0.1, -0.05) is 218 Å². The van der Waals surface area contributed by atoms with E-state index in [2.05, 4.69) is 38.2 Å². The summed E-state index contributed by atoms with van der Waals surface area (Å²) in [5.74, 6) is -1.64. The number of allylic oxidation sites excluding steroid dienone is 4. The van der Waals surface area contributed by atoms with E-state index in [1.165, 1.54) is 232 Å². The van der Waals surface area contributed by atoms with Gasteiger partial charge in [-0.3, -0.25) is 0 Å². The number of hydrogen-bond acceptors (Lipinski definition) is 5. The van der Waals surface area contributed by atoms with Crippen molar-refractivity contribution >= 4 is 55.5 Å². The zero-order chi connectivity index (χ0) is 41.8. The van der Waals surface area contributed by atoms with Crippen molar-refractivity contribution in [3.63, 3.8) is 0 Å². The van der Waals surface area contributed by atoms with Gasteiger partial charge in [0.25, 0.3) is 0 Å². The van der Waals surface area contributed by atoms with Crippen LogP contribution in [0.4, 0.5) is 0 Å². The summed E-state index contributed by atoms with van der Waals surface area (Å²) in [6.45, 7) is 7.60. The molecule has 0 aromatic carbocycles. The van der Waals surface area contributed by atoms with Crippen molar-refractivity contribution in [1.29, 1.82) is 0 Å². The number of Topliss-reactive ketones (excluding diaryl/α,β-unsaturated/α-hetero) is 1. The van der Waals surface area contributed by atoms with Crippen molar-refractivity contribution in [3.05, 3.63) is 24.3 Å². The summed E-state index contributed by atoms with van der Waals surface area (Å²) < 4.78 is 0. The molecule has 0 saturated carbocycles. The fourth-order valence-electron chi connectivity index (χ4n) is 6.80. The van der Waals surface area contributed by atoms with Crippen LogP contribution in [0, 0.1) is 0 Å². The number of hydrogen-bond donors (Lipinski definition) is 0. The Bertz CT molecular complexity index is 773. The largest absolute Gasteiger partial charge is 2.00 e. The van der Waals surface area contributed by atoms with Gasteiger partial charge in [-0.05, 0) is 90.9 Å². The molecule has 0 heterocycles. The van der Waals surface area contributed by atoms with Crippen LogP contribution in [0.25, 0.3) is 0 Å². The minimum absolute atomic E-state index is 0. The standard InChI is InChI=1S/2C24H46O2.C3H6O.Ca/c2*1-2-3-4-5-6-7-8-9-10-11-12-13-14-15-16-17-18-19-20-21-22-23-24(25)26;1-3(2)4;/h2*9-10H,2-8,11-23H2,1H3,(H,25,26);1-2H3;/q;;;+2/p-2/b2*10-9-;;. The van der Waals surface area contributed by atoms with Gasteiger partial charge in [-0.25, -0.2) is 0 Å². The van der Waals surface area contributed by atoms with Crippen LogP contribution in [-0.4, -0.2) is 55.5 Å². The van der Waals surface area contributed by atoms with Crippen LogP contribution in [0.1, 0.15) is 285 Å². The Kier molecular flexibility index (Phi) is 65.9. The second kappa shape index (κ2) is 59.7. The summed E-state index contributed by atoms with van der Waals surface area (Å²) in [4.78, 5) is 30.0. The molecule has 57 heavy (non-hydrogen) atoms. The van der Waals surface area contributed by atoms with Gasteiger partial charge in [0, 0.05) is 11.9 Å². The zero-order valence-corrected chi connectivity index (χ0v) is 41.1. The molecule has 5 nitrogen and oxygen atoms in total. The molecule has 0 radical (unpaired) electrons. The molecule has 0 aromatic rings. The molecule has 0 atom stereocenters. The summed E-state index contributed by atoms with van der Waals surface area (Å²) >= 11 is 0. The molecule has 0 aromatic heterocycles. The maximum atomic E-state index is 10.3. The number of rotatable bonds is 42. The predicted molar refractivity (Wildman–Crippen MR) is 246 cm³/mol. The number of carboxylic acids is 2. The fourth-order valence-corrected chi connectivity index (χ4v) is 6.80. The van der Waals surface area contributed by atoms with E-state index in [0.29, 0.717) is 0 Å². The monoisotopic (exact) mass is 829 g/mol. The van der Waals surface area contributed by atoms with Crippen molar-refractivity contribution in [2.45, 2.75) is 285 Å². The summed E-state index contributed by atoms with van der Waals surface area (Å²) in [6.07, 6.45) is 59.5. The molecular weight excluding hydrogens is 733 g/mol. The maximum absolute atomic E-state index is 10.3. The van der Waals surface area contributed by atoms with Gasteiger partial charge in [-0.2, -0.15) is 0 Å². The molecule has 0 aliphatic carbocycles. The normalized spacial score (nSPS) is 10.9. The van der Waals surface area contributed by atoms with Gasteiger partial charge in [0.1, 0.15) is 5.78 Å². The van der Waals surface area contributed by atoms with Crippen molar-refractivity contribution in [3.8, 4) is 0 Å². The van der Waals surface area contributed by atoms with Crippen LogP contribution in [0.3, 0.4) is 0 Å². The Morgan fingerprint density at radius 1 is 0.316 bits per heavy atom. The van der Waals surface area contributed by atoms with Crippen molar-refractivity contribution < 1.29 is 24.6 Å². The number of carbonyl (C=O) groups is 3. The molecule has 0 rings (SSSR count). The summed E-state index contributed by atoms with van der Waals surface area (Å²) in [7, 11) is 0. The van der Waals surface area contributed by atoms with E-state index in [0.717, 1.165) is 25.7 Å². The van der Waals surface area contributed by atoms with Crippen LogP contribution in [0.15, 0.2) is 24.3 Å². The number of carbonyl (C=O) groups excluding carboxylic acids is 3. The average Bonchev–Trinajstić information content (AvgIpc) is 3.16. The summed E-state index contributed by atoms with van der Waals surface area (Å²) in [5, 5.41) is 20.6. The van der Waals surface area contributed by atoms with Crippen LogP contribution >= 0.6 is 0 Å². The minimum Gasteiger partial charge on any atom is -0.550 e. The van der Waals surface area contributed by atoms with Crippen LogP contribution in [0.2, 0.25) is 0 Å². The van der Waals surface area contributed by atoms with Crippen LogP contribution in [-0.2, 0) is 14.4 Å². The van der Waals surface area contributed by atoms with Gasteiger partial charge in [-0.15, -0.1) is 0 Å². The van der Waals surface area contributed by atoms with Gasteiger partial charge < -0.3 is 24.6 Å². The van der Waals surface area contributed by atoms with Gasteiger partial charge in [0.15, 0.2) is 0 Å². The number of unbranched alkanes of at least 4 members (excludes halogenated alkanes) is 34. The Morgan fingerprint density at radius 3 is 0.649 bits per heavy atom. The van der Waals surface area contributed by atoms with Gasteiger partial charge in [0.05, 0.1) is 0 Å². The molecule has 0 bridgehead atoms. The maximum Gasteiger partial charge on any atom is 2.00 e. The predicted octanol–water partition coefficient (Wildman–Crippen LogP) is 14.4.